The van der Waals surface area contributed by atoms with Crippen molar-refractivity contribution in [1.29, 1.82) is 0 Å². The third-order valence-corrected chi connectivity index (χ3v) is 5.79. The predicted molar refractivity (Wildman–Crippen MR) is 80.1 cm³/mol. The highest BCUT2D eigenvalue weighted by Crippen LogP contribution is 2.25. The maximum absolute atomic E-state index is 12.6. The van der Waals surface area contributed by atoms with Crippen molar-refractivity contribution < 1.29 is 8.42 Å². The van der Waals surface area contributed by atoms with Gasteiger partial charge in [0.05, 0.1) is 0 Å². The lowest BCUT2D eigenvalue weighted by Crippen LogP contribution is -2.37. The van der Waals surface area contributed by atoms with E-state index < -0.39 is 10.0 Å². The molecule has 0 bridgehead atoms. The molecule has 0 fully saturated rings. The average Bonchev–Trinajstić information content (AvgIpc) is 2.95. The summed E-state index contributed by atoms with van der Waals surface area (Å²) >= 11 is 1.35. The number of hydrogen-bond donors (Lipinski definition) is 3. The molecule has 2 atom stereocenters. The van der Waals surface area contributed by atoms with Crippen LogP contribution in [0.15, 0.2) is 16.6 Å². The van der Waals surface area contributed by atoms with Crippen LogP contribution in [0.2, 0.25) is 0 Å². The molecule has 0 saturated carbocycles. The maximum atomic E-state index is 12.6. The third kappa shape index (κ3) is 2.66. The summed E-state index contributed by atoms with van der Waals surface area (Å²) in [5.41, 5.74) is 2.35. The highest BCUT2D eigenvalue weighted by atomic mass is 32.2. The van der Waals surface area contributed by atoms with Crippen molar-refractivity contribution in [3.63, 3.8) is 0 Å². The van der Waals surface area contributed by atoms with Gasteiger partial charge in [-0.25, -0.2) is 19.0 Å². The number of sulfonamides is 1. The average molecular weight is 317 g/mol. The Kier molecular flexibility index (Phi) is 4.33. The second-order valence-electron chi connectivity index (χ2n) is 4.76. The first-order valence-corrected chi connectivity index (χ1v) is 8.71. The predicted octanol–water partition coefficient (Wildman–Crippen LogP) is 1.39. The van der Waals surface area contributed by atoms with Gasteiger partial charge in [0.1, 0.15) is 0 Å². The molecule has 0 radical (unpaired) electrons. The van der Waals surface area contributed by atoms with Crippen molar-refractivity contribution in [1.82, 2.24) is 14.1 Å². The highest BCUT2D eigenvalue weighted by molar-refractivity contribution is 7.89. The van der Waals surface area contributed by atoms with Gasteiger partial charge in [-0.1, -0.05) is 20.3 Å². The van der Waals surface area contributed by atoms with Gasteiger partial charge in [0.25, 0.3) is 10.0 Å². The molecule has 0 saturated heterocycles. The summed E-state index contributed by atoms with van der Waals surface area (Å²) in [5.74, 6) is 5.77. The third-order valence-electron chi connectivity index (χ3n) is 3.45. The van der Waals surface area contributed by atoms with Gasteiger partial charge in [-0.15, -0.1) is 11.3 Å². The van der Waals surface area contributed by atoms with Gasteiger partial charge in [-0.3, -0.25) is 4.40 Å². The molecule has 2 aromatic rings. The number of nitrogens with two attached hydrogens (primary N) is 1. The van der Waals surface area contributed by atoms with Crippen molar-refractivity contribution in [2.24, 2.45) is 11.8 Å². The fourth-order valence-electron chi connectivity index (χ4n) is 1.89. The molecular formula is C11H19N5O2S2. The van der Waals surface area contributed by atoms with Crippen LogP contribution in [0, 0.1) is 5.92 Å². The molecule has 2 heterocycles. The second kappa shape index (κ2) is 5.68. The Morgan fingerprint density at radius 2 is 2.20 bits per heavy atom. The minimum Gasteiger partial charge on any atom is -0.306 e. The molecular weight excluding hydrogens is 298 g/mol. The van der Waals surface area contributed by atoms with Gasteiger partial charge in [-0.2, -0.15) is 4.98 Å². The number of imidazole rings is 1. The molecule has 4 N–H and O–H groups in total. The Hall–Kier alpha value is -1.16. The van der Waals surface area contributed by atoms with Gasteiger partial charge in [0.15, 0.2) is 10.8 Å². The minimum atomic E-state index is -3.70. The minimum absolute atomic E-state index is 0.0476. The van der Waals surface area contributed by atoms with Crippen LogP contribution in [-0.4, -0.2) is 23.8 Å². The number of nitrogens with zero attached hydrogens (tertiary/aromatic N) is 2. The Morgan fingerprint density at radius 3 is 2.80 bits per heavy atom. The van der Waals surface area contributed by atoms with E-state index in [4.69, 9.17) is 5.84 Å². The molecule has 0 aliphatic rings. The van der Waals surface area contributed by atoms with Crippen LogP contribution >= 0.6 is 11.3 Å². The summed E-state index contributed by atoms with van der Waals surface area (Å²) in [6.45, 7) is 5.89. The van der Waals surface area contributed by atoms with E-state index in [1.54, 1.807) is 11.6 Å². The molecule has 20 heavy (non-hydrogen) atoms. The van der Waals surface area contributed by atoms with E-state index in [9.17, 15) is 8.42 Å². The number of nitrogen functional groups attached to an aromatic ring is 1. The van der Waals surface area contributed by atoms with Crippen molar-refractivity contribution in [2.75, 3.05) is 5.43 Å². The van der Waals surface area contributed by atoms with E-state index in [0.29, 0.717) is 4.96 Å². The summed E-state index contributed by atoms with van der Waals surface area (Å²) in [7, 11) is -3.70. The van der Waals surface area contributed by atoms with Gasteiger partial charge >= 0.3 is 0 Å². The van der Waals surface area contributed by atoms with Crippen LogP contribution in [0.4, 0.5) is 5.82 Å². The zero-order valence-corrected chi connectivity index (χ0v) is 13.3. The monoisotopic (exact) mass is 317 g/mol. The molecule has 2 rings (SSSR count). The van der Waals surface area contributed by atoms with Crippen LogP contribution in [0.25, 0.3) is 4.96 Å². The number of hydrazine groups is 1. The summed E-state index contributed by atoms with van der Waals surface area (Å²) in [6, 6.07) is -0.167. The normalized spacial score (nSPS) is 15.4. The van der Waals surface area contributed by atoms with Gasteiger partial charge < -0.3 is 5.43 Å². The summed E-state index contributed by atoms with van der Waals surface area (Å²) in [5, 5.41) is 1.83. The van der Waals surface area contributed by atoms with Crippen molar-refractivity contribution in [3.8, 4) is 0 Å². The van der Waals surface area contributed by atoms with Crippen LogP contribution < -0.4 is 16.0 Å². The van der Waals surface area contributed by atoms with E-state index in [2.05, 4.69) is 15.1 Å². The molecule has 112 valence electrons. The lowest BCUT2D eigenvalue weighted by atomic mass is 10.0. The van der Waals surface area contributed by atoms with Gasteiger partial charge in [0.2, 0.25) is 5.03 Å². The lowest BCUT2D eigenvalue weighted by molar-refractivity contribution is 0.433. The first-order valence-electron chi connectivity index (χ1n) is 6.35. The molecule has 0 aliphatic heterocycles. The number of aromatic nitrogens is 2. The first-order chi connectivity index (χ1) is 9.40. The molecule has 0 aliphatic carbocycles. The summed E-state index contributed by atoms with van der Waals surface area (Å²) < 4.78 is 29.3. The Balaban J connectivity index is 2.43. The first kappa shape index (κ1) is 15.2. The quantitative estimate of drug-likeness (QED) is 0.552. The van der Waals surface area contributed by atoms with Crippen molar-refractivity contribution in [3.05, 3.63) is 11.6 Å². The Bertz CT molecular complexity index is 691. The van der Waals surface area contributed by atoms with E-state index in [-0.39, 0.29) is 22.8 Å². The van der Waals surface area contributed by atoms with E-state index in [0.717, 1.165) is 6.42 Å². The zero-order valence-electron chi connectivity index (χ0n) is 11.6. The topological polar surface area (TPSA) is 102 Å². The van der Waals surface area contributed by atoms with E-state index in [1.165, 1.54) is 15.7 Å². The highest BCUT2D eigenvalue weighted by Gasteiger charge is 2.28. The number of hydrogen-bond acceptors (Lipinski definition) is 6. The second-order valence-corrected chi connectivity index (χ2v) is 7.26. The van der Waals surface area contributed by atoms with Gasteiger partial charge in [-0.05, 0) is 12.8 Å². The van der Waals surface area contributed by atoms with Crippen molar-refractivity contribution in [2.45, 2.75) is 38.3 Å². The van der Waals surface area contributed by atoms with Crippen LogP contribution in [0.5, 0.6) is 0 Å². The fraction of sp³-hybridized carbons (Fsp3) is 0.545. The molecule has 2 aromatic heterocycles. The Morgan fingerprint density at radius 1 is 1.50 bits per heavy atom. The van der Waals surface area contributed by atoms with Gasteiger partial charge in [0, 0.05) is 17.6 Å². The largest absolute Gasteiger partial charge is 0.306 e. The molecule has 2 unspecified atom stereocenters. The molecule has 0 spiro atoms. The molecule has 0 amide bonds. The zero-order chi connectivity index (χ0) is 14.9. The number of nitrogens with one attached hydrogen (secondary N) is 2. The smallest absolute Gasteiger partial charge is 0.260 e. The van der Waals surface area contributed by atoms with E-state index >= 15 is 0 Å². The maximum Gasteiger partial charge on any atom is 0.260 e. The van der Waals surface area contributed by atoms with Crippen molar-refractivity contribution >= 4 is 32.1 Å². The summed E-state index contributed by atoms with van der Waals surface area (Å²) in [6.07, 6.45) is 2.56. The van der Waals surface area contributed by atoms with E-state index in [1.807, 2.05) is 20.8 Å². The van der Waals surface area contributed by atoms with Crippen LogP contribution in [0.1, 0.15) is 27.2 Å². The molecule has 9 heteroatoms. The Labute approximate surface area is 122 Å². The SMILES string of the molecule is CCC(C)C(C)NS(=O)(=O)c1c(NN)nc2sccn12. The molecule has 7 nitrogen and oxygen atoms in total. The number of fused-ring (bicyclic) bond motifs is 1. The number of anilines is 1. The number of thiazole rings is 1. The fourth-order valence-corrected chi connectivity index (χ4v) is 4.26. The summed E-state index contributed by atoms with van der Waals surface area (Å²) in [4.78, 5) is 4.73. The standard InChI is InChI=1S/C11H19N5O2S2/c1-4-7(2)8(3)15-20(17,18)10-9(14-12)13-11-16(10)5-6-19-11/h5-8,14-15H,4,12H2,1-3H3. The number of rotatable bonds is 6. The molecule has 0 aromatic carbocycles. The van der Waals surface area contributed by atoms with Crippen LogP contribution in [-0.2, 0) is 10.0 Å². The lowest BCUT2D eigenvalue weighted by Gasteiger charge is -2.19. The van der Waals surface area contributed by atoms with Crippen LogP contribution in [0.3, 0.4) is 0 Å².